The van der Waals surface area contributed by atoms with Gasteiger partial charge in [-0.05, 0) is 38.1 Å². The smallest absolute Gasteiger partial charge is 0.231 e. The Bertz CT molecular complexity index is 407. The van der Waals surface area contributed by atoms with Gasteiger partial charge in [-0.3, -0.25) is 4.90 Å². The Kier molecular flexibility index (Phi) is 4.09. The second-order valence-corrected chi connectivity index (χ2v) is 4.90. The normalized spacial score (nSPS) is 15.4. The lowest BCUT2D eigenvalue weighted by Gasteiger charge is -2.28. The minimum Gasteiger partial charge on any atom is -0.454 e. The van der Waals surface area contributed by atoms with Crippen LogP contribution in [0.2, 0.25) is 0 Å². The molecular formula is C14H22N2O2. The van der Waals surface area contributed by atoms with E-state index in [-0.39, 0.29) is 6.04 Å². The molecule has 100 valence electrons. The van der Waals surface area contributed by atoms with Crippen molar-refractivity contribution in [3.63, 3.8) is 0 Å². The Labute approximate surface area is 109 Å². The number of nitrogens with two attached hydrogens (primary N) is 1. The average Bonchev–Trinajstić information content (AvgIpc) is 2.82. The third kappa shape index (κ3) is 2.76. The summed E-state index contributed by atoms with van der Waals surface area (Å²) in [6.07, 6.45) is 0. The highest BCUT2D eigenvalue weighted by atomic mass is 16.7. The SMILES string of the molecule is CCN(CC(N)c1ccc2c(c1)OCO2)C(C)C. The molecule has 0 spiro atoms. The molecule has 0 fully saturated rings. The second kappa shape index (κ2) is 5.59. The first kappa shape index (κ1) is 13.2. The van der Waals surface area contributed by atoms with Crippen LogP contribution in [0.25, 0.3) is 0 Å². The highest BCUT2D eigenvalue weighted by Gasteiger charge is 2.18. The molecule has 1 aliphatic heterocycles. The summed E-state index contributed by atoms with van der Waals surface area (Å²) < 4.78 is 10.7. The molecule has 0 radical (unpaired) electrons. The molecule has 18 heavy (non-hydrogen) atoms. The minimum atomic E-state index is 0.00171. The van der Waals surface area contributed by atoms with Crippen LogP contribution >= 0.6 is 0 Å². The number of ether oxygens (including phenoxy) is 2. The summed E-state index contributed by atoms with van der Waals surface area (Å²) in [7, 11) is 0. The van der Waals surface area contributed by atoms with Crippen molar-refractivity contribution in [3.05, 3.63) is 23.8 Å². The van der Waals surface area contributed by atoms with E-state index in [1.165, 1.54) is 0 Å². The molecule has 0 saturated heterocycles. The number of hydrogen-bond acceptors (Lipinski definition) is 4. The molecule has 0 aliphatic carbocycles. The second-order valence-electron chi connectivity index (χ2n) is 4.90. The quantitative estimate of drug-likeness (QED) is 0.870. The van der Waals surface area contributed by atoms with Gasteiger partial charge in [0.15, 0.2) is 11.5 Å². The van der Waals surface area contributed by atoms with Crippen molar-refractivity contribution in [2.24, 2.45) is 5.73 Å². The summed E-state index contributed by atoms with van der Waals surface area (Å²) in [4.78, 5) is 2.36. The van der Waals surface area contributed by atoms with Crippen molar-refractivity contribution < 1.29 is 9.47 Å². The maximum Gasteiger partial charge on any atom is 0.231 e. The molecule has 4 nitrogen and oxygen atoms in total. The van der Waals surface area contributed by atoms with Crippen molar-refractivity contribution in [2.45, 2.75) is 32.9 Å². The van der Waals surface area contributed by atoms with Gasteiger partial charge >= 0.3 is 0 Å². The minimum absolute atomic E-state index is 0.00171. The van der Waals surface area contributed by atoms with E-state index in [9.17, 15) is 0 Å². The molecule has 0 amide bonds. The first-order valence-electron chi connectivity index (χ1n) is 6.51. The van der Waals surface area contributed by atoms with Gasteiger partial charge in [0.05, 0.1) is 0 Å². The zero-order chi connectivity index (χ0) is 13.1. The van der Waals surface area contributed by atoms with E-state index >= 15 is 0 Å². The van der Waals surface area contributed by atoms with Gasteiger partial charge in [-0.2, -0.15) is 0 Å². The van der Waals surface area contributed by atoms with Crippen LogP contribution in [0.3, 0.4) is 0 Å². The molecule has 4 heteroatoms. The number of rotatable bonds is 5. The molecule has 2 N–H and O–H groups in total. The Morgan fingerprint density at radius 2 is 2.00 bits per heavy atom. The van der Waals surface area contributed by atoms with E-state index in [4.69, 9.17) is 15.2 Å². The van der Waals surface area contributed by atoms with Crippen molar-refractivity contribution in [1.29, 1.82) is 0 Å². The van der Waals surface area contributed by atoms with Crippen molar-refractivity contribution in [3.8, 4) is 11.5 Å². The maximum absolute atomic E-state index is 6.27. The Morgan fingerprint density at radius 3 is 2.67 bits per heavy atom. The van der Waals surface area contributed by atoms with E-state index in [1.807, 2.05) is 18.2 Å². The summed E-state index contributed by atoms with van der Waals surface area (Å²) >= 11 is 0. The maximum atomic E-state index is 6.27. The van der Waals surface area contributed by atoms with Crippen molar-refractivity contribution in [2.75, 3.05) is 19.9 Å². The van der Waals surface area contributed by atoms with Gasteiger partial charge in [0, 0.05) is 18.6 Å². The van der Waals surface area contributed by atoms with Crippen LogP contribution in [-0.2, 0) is 0 Å². The molecular weight excluding hydrogens is 228 g/mol. The fourth-order valence-electron chi connectivity index (χ4n) is 2.21. The van der Waals surface area contributed by atoms with Crippen LogP contribution in [0.15, 0.2) is 18.2 Å². The molecule has 1 aromatic rings. The highest BCUT2D eigenvalue weighted by Crippen LogP contribution is 2.33. The van der Waals surface area contributed by atoms with Gasteiger partial charge in [-0.25, -0.2) is 0 Å². The molecule has 0 saturated carbocycles. The van der Waals surface area contributed by atoms with Gasteiger partial charge in [-0.15, -0.1) is 0 Å². The van der Waals surface area contributed by atoms with E-state index < -0.39 is 0 Å². The fourth-order valence-corrected chi connectivity index (χ4v) is 2.21. The molecule has 0 aromatic heterocycles. The predicted octanol–water partition coefficient (Wildman–Crippen LogP) is 2.15. The average molecular weight is 250 g/mol. The van der Waals surface area contributed by atoms with E-state index in [0.717, 1.165) is 30.2 Å². The van der Waals surface area contributed by atoms with E-state index in [1.54, 1.807) is 0 Å². The number of benzene rings is 1. The molecule has 1 atom stereocenters. The molecule has 1 unspecified atom stereocenters. The zero-order valence-corrected chi connectivity index (χ0v) is 11.3. The number of likely N-dealkylation sites (N-methyl/N-ethyl adjacent to an activating group) is 1. The number of hydrogen-bond donors (Lipinski definition) is 1. The Balaban J connectivity index is 2.06. The van der Waals surface area contributed by atoms with Crippen LogP contribution in [0.4, 0.5) is 0 Å². The van der Waals surface area contributed by atoms with Crippen molar-refractivity contribution in [1.82, 2.24) is 4.90 Å². The van der Waals surface area contributed by atoms with Crippen LogP contribution < -0.4 is 15.2 Å². The Hall–Kier alpha value is -1.26. The molecule has 0 bridgehead atoms. The molecule has 1 aromatic carbocycles. The largest absolute Gasteiger partial charge is 0.454 e. The molecule has 1 aliphatic rings. The Morgan fingerprint density at radius 1 is 1.28 bits per heavy atom. The van der Waals surface area contributed by atoms with Crippen LogP contribution in [-0.4, -0.2) is 30.8 Å². The summed E-state index contributed by atoms with van der Waals surface area (Å²) in [6, 6.07) is 6.45. The van der Waals surface area contributed by atoms with Gasteiger partial charge < -0.3 is 15.2 Å². The highest BCUT2D eigenvalue weighted by molar-refractivity contribution is 5.45. The lowest BCUT2D eigenvalue weighted by molar-refractivity contribution is 0.174. The van der Waals surface area contributed by atoms with Gasteiger partial charge in [-0.1, -0.05) is 13.0 Å². The van der Waals surface area contributed by atoms with Crippen LogP contribution in [0, 0.1) is 0 Å². The van der Waals surface area contributed by atoms with Crippen molar-refractivity contribution >= 4 is 0 Å². The lowest BCUT2D eigenvalue weighted by atomic mass is 10.1. The van der Waals surface area contributed by atoms with E-state index in [2.05, 4.69) is 25.7 Å². The third-order valence-electron chi connectivity index (χ3n) is 3.39. The van der Waals surface area contributed by atoms with Gasteiger partial charge in [0.2, 0.25) is 6.79 Å². The standard InChI is InChI=1S/C14H22N2O2/c1-4-16(10(2)3)8-12(15)11-5-6-13-14(7-11)18-9-17-13/h5-7,10,12H,4,8-9,15H2,1-3H3. The zero-order valence-electron chi connectivity index (χ0n) is 11.3. The lowest BCUT2D eigenvalue weighted by Crippen LogP contribution is -2.36. The number of fused-ring (bicyclic) bond motifs is 1. The summed E-state index contributed by atoms with van der Waals surface area (Å²) in [5.41, 5.74) is 7.36. The summed E-state index contributed by atoms with van der Waals surface area (Å²) in [6.45, 7) is 8.71. The fraction of sp³-hybridized carbons (Fsp3) is 0.571. The summed E-state index contributed by atoms with van der Waals surface area (Å²) in [5, 5.41) is 0. The predicted molar refractivity (Wildman–Crippen MR) is 71.9 cm³/mol. The van der Waals surface area contributed by atoms with Gasteiger partial charge in [0.25, 0.3) is 0 Å². The topological polar surface area (TPSA) is 47.7 Å². The first-order valence-corrected chi connectivity index (χ1v) is 6.51. The van der Waals surface area contributed by atoms with Gasteiger partial charge in [0.1, 0.15) is 0 Å². The van der Waals surface area contributed by atoms with Crippen LogP contribution in [0.1, 0.15) is 32.4 Å². The van der Waals surface area contributed by atoms with E-state index in [0.29, 0.717) is 12.8 Å². The first-order chi connectivity index (χ1) is 8.61. The molecule has 2 rings (SSSR count). The monoisotopic (exact) mass is 250 g/mol. The summed E-state index contributed by atoms with van der Waals surface area (Å²) in [5.74, 6) is 1.61. The molecule has 1 heterocycles. The van der Waals surface area contributed by atoms with Crippen LogP contribution in [0.5, 0.6) is 11.5 Å². The third-order valence-corrected chi connectivity index (χ3v) is 3.39. The number of nitrogens with zero attached hydrogens (tertiary/aromatic N) is 1.